The van der Waals surface area contributed by atoms with Gasteiger partial charge in [0.15, 0.2) is 0 Å². The third-order valence-corrected chi connectivity index (χ3v) is 3.94. The Morgan fingerprint density at radius 2 is 2.15 bits per heavy atom. The van der Waals surface area contributed by atoms with E-state index in [1.54, 1.807) is 19.1 Å². The van der Waals surface area contributed by atoms with Crippen LogP contribution in [0.25, 0.3) is 0 Å². The normalized spacial score (nSPS) is 23.4. The van der Waals surface area contributed by atoms with Crippen molar-refractivity contribution in [3.8, 4) is 0 Å². The van der Waals surface area contributed by atoms with E-state index in [0.29, 0.717) is 0 Å². The van der Waals surface area contributed by atoms with E-state index in [-0.39, 0.29) is 29.8 Å². The summed E-state index contributed by atoms with van der Waals surface area (Å²) in [6.45, 7) is 3.62. The molecular weight excluding hydrogens is 260 g/mol. The van der Waals surface area contributed by atoms with Crippen LogP contribution < -0.4 is 5.32 Å². The number of imide groups is 1. The van der Waals surface area contributed by atoms with E-state index in [1.165, 1.54) is 13.3 Å². The van der Waals surface area contributed by atoms with Gasteiger partial charge in [0, 0.05) is 12.6 Å². The van der Waals surface area contributed by atoms with Crippen molar-refractivity contribution in [2.24, 2.45) is 5.41 Å². The Bertz CT molecular complexity index is 567. The van der Waals surface area contributed by atoms with Gasteiger partial charge in [-0.25, -0.2) is 9.78 Å². The van der Waals surface area contributed by atoms with Crippen molar-refractivity contribution in [3.05, 3.63) is 29.6 Å². The number of hydrogen-bond donors (Lipinski definition) is 1. The summed E-state index contributed by atoms with van der Waals surface area (Å²) in [4.78, 5) is 38.6. The summed E-state index contributed by atoms with van der Waals surface area (Å²) in [6.07, 6.45) is 1.70. The lowest BCUT2D eigenvalue weighted by molar-refractivity contribution is -0.128. The van der Waals surface area contributed by atoms with Gasteiger partial charge in [-0.2, -0.15) is 0 Å². The van der Waals surface area contributed by atoms with Crippen LogP contribution in [-0.4, -0.2) is 29.9 Å². The number of aromatic nitrogens is 1. The van der Waals surface area contributed by atoms with Crippen LogP contribution >= 0.6 is 0 Å². The third-order valence-electron chi connectivity index (χ3n) is 3.94. The quantitative estimate of drug-likeness (QED) is 0.658. The highest BCUT2D eigenvalue weighted by Gasteiger charge is 2.47. The molecule has 1 fully saturated rings. The van der Waals surface area contributed by atoms with Crippen LogP contribution in [0.15, 0.2) is 18.3 Å². The molecule has 2 atom stereocenters. The summed E-state index contributed by atoms with van der Waals surface area (Å²) in [5.74, 6) is -1.23. The van der Waals surface area contributed by atoms with Gasteiger partial charge in [-0.15, -0.1) is 0 Å². The van der Waals surface area contributed by atoms with Crippen molar-refractivity contribution in [3.63, 3.8) is 0 Å². The largest absolute Gasteiger partial charge is 0.464 e. The SMILES string of the molecule is COC(=O)c1ccc(C(C)[C@]2(C)CC(=O)NC2=O)cn1. The molecule has 2 rings (SSSR count). The molecule has 1 aromatic heterocycles. The average Bonchev–Trinajstić information content (AvgIpc) is 2.71. The number of amides is 2. The summed E-state index contributed by atoms with van der Waals surface area (Å²) in [5, 5.41) is 2.32. The van der Waals surface area contributed by atoms with Gasteiger partial charge in [-0.05, 0) is 24.5 Å². The van der Waals surface area contributed by atoms with Gasteiger partial charge in [-0.1, -0.05) is 13.0 Å². The highest BCUT2D eigenvalue weighted by Crippen LogP contribution is 2.41. The van der Waals surface area contributed by atoms with E-state index in [2.05, 4.69) is 15.0 Å². The van der Waals surface area contributed by atoms with Crippen molar-refractivity contribution in [2.75, 3.05) is 7.11 Å². The van der Waals surface area contributed by atoms with E-state index < -0.39 is 11.4 Å². The Labute approximate surface area is 116 Å². The molecule has 1 aliphatic rings. The van der Waals surface area contributed by atoms with Crippen LogP contribution in [-0.2, 0) is 14.3 Å². The first-order chi connectivity index (χ1) is 9.38. The number of rotatable bonds is 3. The fourth-order valence-electron chi connectivity index (χ4n) is 2.33. The number of nitrogens with one attached hydrogen (secondary N) is 1. The second-order valence-electron chi connectivity index (χ2n) is 5.16. The fraction of sp³-hybridized carbons (Fsp3) is 0.429. The minimum atomic E-state index is -0.786. The highest BCUT2D eigenvalue weighted by atomic mass is 16.5. The molecule has 106 valence electrons. The molecule has 2 amide bonds. The Hall–Kier alpha value is -2.24. The summed E-state index contributed by atoms with van der Waals surface area (Å²) in [7, 11) is 1.29. The zero-order valence-corrected chi connectivity index (χ0v) is 11.6. The summed E-state index contributed by atoms with van der Waals surface area (Å²) in [5.41, 5.74) is 0.219. The van der Waals surface area contributed by atoms with E-state index in [1.807, 2.05) is 6.92 Å². The molecule has 0 radical (unpaired) electrons. The molecule has 0 aromatic carbocycles. The Balaban J connectivity index is 2.25. The molecule has 1 saturated heterocycles. The number of pyridine rings is 1. The van der Waals surface area contributed by atoms with Crippen molar-refractivity contribution >= 4 is 17.8 Å². The second-order valence-corrected chi connectivity index (χ2v) is 5.16. The van der Waals surface area contributed by atoms with Crippen LogP contribution in [0.5, 0.6) is 0 Å². The molecule has 20 heavy (non-hydrogen) atoms. The van der Waals surface area contributed by atoms with Gasteiger partial charge in [0.1, 0.15) is 5.69 Å². The lowest BCUT2D eigenvalue weighted by Crippen LogP contribution is -2.33. The minimum absolute atomic E-state index is 0.158. The van der Waals surface area contributed by atoms with Crippen LogP contribution in [0.3, 0.4) is 0 Å². The molecule has 0 saturated carbocycles. The second kappa shape index (κ2) is 5.03. The zero-order chi connectivity index (χ0) is 14.9. The molecular formula is C14H16N2O4. The van der Waals surface area contributed by atoms with Crippen molar-refractivity contribution in [1.29, 1.82) is 0 Å². The average molecular weight is 276 g/mol. The number of carbonyl (C=O) groups is 3. The lowest BCUT2D eigenvalue weighted by atomic mass is 9.73. The number of carbonyl (C=O) groups excluding carboxylic acids is 3. The number of nitrogens with zero attached hydrogens (tertiary/aromatic N) is 1. The predicted octanol–water partition coefficient (Wildman–Crippen LogP) is 1.02. The van der Waals surface area contributed by atoms with Crippen molar-refractivity contribution < 1.29 is 19.1 Å². The lowest BCUT2D eigenvalue weighted by Gasteiger charge is -2.27. The van der Waals surface area contributed by atoms with Crippen molar-refractivity contribution in [2.45, 2.75) is 26.2 Å². The van der Waals surface area contributed by atoms with Gasteiger partial charge in [0.2, 0.25) is 11.8 Å². The van der Waals surface area contributed by atoms with E-state index in [9.17, 15) is 14.4 Å². The monoisotopic (exact) mass is 276 g/mol. The minimum Gasteiger partial charge on any atom is -0.464 e. The predicted molar refractivity (Wildman–Crippen MR) is 69.9 cm³/mol. The molecule has 0 aliphatic carbocycles. The van der Waals surface area contributed by atoms with E-state index in [0.717, 1.165) is 5.56 Å². The molecule has 1 aliphatic heterocycles. The van der Waals surface area contributed by atoms with Gasteiger partial charge in [0.25, 0.3) is 0 Å². The van der Waals surface area contributed by atoms with Crippen LogP contribution in [0.4, 0.5) is 0 Å². The molecule has 6 nitrogen and oxygen atoms in total. The molecule has 6 heteroatoms. The molecule has 2 heterocycles. The first-order valence-electron chi connectivity index (χ1n) is 6.27. The smallest absolute Gasteiger partial charge is 0.356 e. The maximum absolute atomic E-state index is 11.9. The molecule has 1 N–H and O–H groups in total. The fourth-order valence-corrected chi connectivity index (χ4v) is 2.33. The number of hydrogen-bond acceptors (Lipinski definition) is 5. The topological polar surface area (TPSA) is 85.4 Å². The molecule has 0 bridgehead atoms. The Kier molecular flexibility index (Phi) is 3.57. The Morgan fingerprint density at radius 1 is 1.45 bits per heavy atom. The third kappa shape index (κ3) is 2.29. The zero-order valence-electron chi connectivity index (χ0n) is 11.6. The molecule has 1 aromatic rings. The standard InChI is InChI=1S/C14H16N2O4/c1-8(14(2)6-11(17)16-13(14)19)9-4-5-10(15-7-9)12(18)20-3/h4-5,7-8H,6H2,1-3H3,(H,16,17,19)/t8?,14-/m0/s1. The summed E-state index contributed by atoms with van der Waals surface area (Å²) >= 11 is 0. The number of esters is 1. The van der Waals surface area contributed by atoms with Gasteiger partial charge in [-0.3, -0.25) is 14.9 Å². The number of ether oxygens (including phenoxy) is 1. The van der Waals surface area contributed by atoms with Crippen molar-refractivity contribution in [1.82, 2.24) is 10.3 Å². The van der Waals surface area contributed by atoms with Gasteiger partial charge < -0.3 is 4.74 Å². The first-order valence-corrected chi connectivity index (χ1v) is 6.27. The first kappa shape index (κ1) is 14.2. The molecule has 1 unspecified atom stereocenters. The van der Waals surface area contributed by atoms with E-state index >= 15 is 0 Å². The Morgan fingerprint density at radius 3 is 2.60 bits per heavy atom. The maximum Gasteiger partial charge on any atom is 0.356 e. The number of methoxy groups -OCH3 is 1. The van der Waals surface area contributed by atoms with Gasteiger partial charge in [0.05, 0.1) is 12.5 Å². The van der Waals surface area contributed by atoms with Crippen LogP contribution in [0.2, 0.25) is 0 Å². The van der Waals surface area contributed by atoms with Crippen LogP contribution in [0.1, 0.15) is 42.2 Å². The summed E-state index contributed by atoms with van der Waals surface area (Å²) in [6, 6.07) is 3.28. The summed E-state index contributed by atoms with van der Waals surface area (Å²) < 4.78 is 4.58. The van der Waals surface area contributed by atoms with Gasteiger partial charge >= 0.3 is 5.97 Å². The van der Waals surface area contributed by atoms with Crippen LogP contribution in [0, 0.1) is 5.41 Å². The maximum atomic E-state index is 11.9. The molecule has 0 spiro atoms. The highest BCUT2D eigenvalue weighted by molar-refractivity contribution is 6.06. The van der Waals surface area contributed by atoms with E-state index in [4.69, 9.17) is 0 Å².